The Morgan fingerprint density at radius 3 is 2.55 bits per heavy atom. The average Bonchev–Trinajstić information content (AvgIpc) is 2.37. The summed E-state index contributed by atoms with van der Waals surface area (Å²) >= 11 is 0. The molecule has 0 aliphatic carbocycles. The molecule has 0 spiro atoms. The zero-order valence-electron chi connectivity index (χ0n) is 11.5. The third kappa shape index (κ3) is 3.06. The molecular weight excluding hydrogens is 272 g/mol. The van der Waals surface area contributed by atoms with Gasteiger partial charge in [0.2, 0.25) is 0 Å². The lowest BCUT2D eigenvalue weighted by Gasteiger charge is -2.38. The van der Waals surface area contributed by atoms with Crippen LogP contribution in [0.15, 0.2) is 18.2 Å². The van der Waals surface area contributed by atoms with Gasteiger partial charge >= 0.3 is 6.18 Å². The lowest BCUT2D eigenvalue weighted by molar-refractivity contribution is -0.139. The number of hydrogen-bond acceptors (Lipinski definition) is 2. The predicted molar refractivity (Wildman–Crippen MR) is 70.3 cm³/mol. The van der Waals surface area contributed by atoms with Gasteiger partial charge in [-0.05, 0) is 39.1 Å². The summed E-state index contributed by atoms with van der Waals surface area (Å²) in [5.74, 6) is -1.21. The number of alkyl halides is 3. The van der Waals surface area contributed by atoms with E-state index in [1.54, 1.807) is 4.90 Å². The molecule has 1 aromatic rings. The summed E-state index contributed by atoms with van der Waals surface area (Å²) in [5.41, 5.74) is -1.21. The lowest BCUT2D eigenvalue weighted by Crippen LogP contribution is -2.45. The Morgan fingerprint density at radius 2 is 1.95 bits per heavy atom. The van der Waals surface area contributed by atoms with E-state index in [1.807, 2.05) is 19.0 Å². The van der Waals surface area contributed by atoms with Crippen molar-refractivity contribution in [3.63, 3.8) is 0 Å². The standard InChI is InChI=1S/C14H18F4N2/c1-19(2)10-5-4-8-20(9-10)12-7-3-6-11(15)13(12)14(16,17)18/h3,6-7,10H,4-5,8-9H2,1-2H3/t10-/m0/s1. The van der Waals surface area contributed by atoms with Gasteiger partial charge in [0, 0.05) is 19.1 Å². The summed E-state index contributed by atoms with van der Waals surface area (Å²) in [6.45, 7) is 1.01. The number of halogens is 4. The fourth-order valence-electron chi connectivity index (χ4n) is 2.65. The zero-order chi connectivity index (χ0) is 14.9. The smallest absolute Gasteiger partial charge is 0.369 e. The van der Waals surface area contributed by atoms with Crippen LogP contribution < -0.4 is 4.90 Å². The van der Waals surface area contributed by atoms with Gasteiger partial charge < -0.3 is 9.80 Å². The maximum absolute atomic E-state index is 13.6. The molecule has 1 aliphatic heterocycles. The van der Waals surface area contributed by atoms with Crippen molar-refractivity contribution >= 4 is 5.69 Å². The summed E-state index contributed by atoms with van der Waals surface area (Å²) in [7, 11) is 3.81. The van der Waals surface area contributed by atoms with E-state index in [0.717, 1.165) is 18.9 Å². The van der Waals surface area contributed by atoms with Gasteiger partial charge in [-0.1, -0.05) is 6.07 Å². The molecule has 1 aromatic carbocycles. The number of piperidine rings is 1. The Labute approximate surface area is 116 Å². The van der Waals surface area contributed by atoms with Gasteiger partial charge in [0.15, 0.2) is 0 Å². The molecule has 1 saturated heterocycles. The molecule has 1 fully saturated rings. The Morgan fingerprint density at radius 1 is 1.25 bits per heavy atom. The predicted octanol–water partition coefficient (Wildman–Crippen LogP) is 3.37. The van der Waals surface area contributed by atoms with Gasteiger partial charge in [-0.3, -0.25) is 0 Å². The molecule has 1 heterocycles. The summed E-state index contributed by atoms with van der Waals surface area (Å²) in [5, 5.41) is 0. The molecule has 0 N–H and O–H groups in total. The molecule has 2 nitrogen and oxygen atoms in total. The minimum absolute atomic E-state index is 0.0518. The van der Waals surface area contributed by atoms with Gasteiger partial charge in [-0.15, -0.1) is 0 Å². The molecule has 1 aliphatic rings. The first-order valence-corrected chi connectivity index (χ1v) is 6.58. The molecule has 0 unspecified atom stereocenters. The topological polar surface area (TPSA) is 6.48 Å². The maximum Gasteiger partial charge on any atom is 0.421 e. The van der Waals surface area contributed by atoms with Crippen LogP contribution in [0.25, 0.3) is 0 Å². The van der Waals surface area contributed by atoms with Crippen molar-refractivity contribution in [1.82, 2.24) is 4.90 Å². The molecule has 0 aromatic heterocycles. The van der Waals surface area contributed by atoms with Crippen LogP contribution in [0, 0.1) is 5.82 Å². The second-order valence-electron chi connectivity index (χ2n) is 5.34. The van der Waals surface area contributed by atoms with Crippen LogP contribution in [0.5, 0.6) is 0 Å². The molecule has 1 atom stereocenters. The van der Waals surface area contributed by atoms with Crippen molar-refractivity contribution in [3.05, 3.63) is 29.6 Å². The highest BCUT2D eigenvalue weighted by Crippen LogP contribution is 2.39. The summed E-state index contributed by atoms with van der Waals surface area (Å²) in [6.07, 6.45) is -2.93. The van der Waals surface area contributed by atoms with Gasteiger partial charge in [-0.2, -0.15) is 13.2 Å². The second kappa shape index (κ2) is 5.60. The van der Waals surface area contributed by atoms with Crippen LogP contribution in [0.2, 0.25) is 0 Å². The number of hydrogen-bond donors (Lipinski definition) is 0. The maximum atomic E-state index is 13.6. The first-order chi connectivity index (χ1) is 9.30. The van der Waals surface area contributed by atoms with Crippen LogP contribution in [0.1, 0.15) is 18.4 Å². The highest BCUT2D eigenvalue weighted by Gasteiger charge is 2.39. The fourth-order valence-corrected chi connectivity index (χ4v) is 2.65. The Hall–Kier alpha value is -1.30. The van der Waals surface area contributed by atoms with Crippen molar-refractivity contribution < 1.29 is 17.6 Å². The number of anilines is 1. The first kappa shape index (κ1) is 15.1. The number of likely N-dealkylation sites (N-methyl/N-ethyl adjacent to an activating group) is 1. The monoisotopic (exact) mass is 290 g/mol. The van der Waals surface area contributed by atoms with E-state index in [9.17, 15) is 17.6 Å². The van der Waals surface area contributed by atoms with Crippen LogP contribution in [0.3, 0.4) is 0 Å². The van der Waals surface area contributed by atoms with Crippen molar-refractivity contribution in [2.75, 3.05) is 32.1 Å². The van der Waals surface area contributed by atoms with E-state index in [2.05, 4.69) is 0 Å². The second-order valence-corrected chi connectivity index (χ2v) is 5.34. The van der Waals surface area contributed by atoms with E-state index >= 15 is 0 Å². The SMILES string of the molecule is CN(C)[C@H]1CCCN(c2cccc(F)c2C(F)(F)F)C1. The highest BCUT2D eigenvalue weighted by atomic mass is 19.4. The van der Waals surface area contributed by atoms with Gasteiger partial charge in [0.05, 0.1) is 5.69 Å². The Kier molecular flexibility index (Phi) is 4.22. The molecule has 0 saturated carbocycles. The minimum atomic E-state index is -4.67. The van der Waals surface area contributed by atoms with Crippen LogP contribution in [-0.4, -0.2) is 38.1 Å². The van der Waals surface area contributed by atoms with Gasteiger partial charge in [0.1, 0.15) is 11.4 Å². The lowest BCUT2D eigenvalue weighted by atomic mass is 10.0. The third-order valence-corrected chi connectivity index (χ3v) is 3.74. The van der Waals surface area contributed by atoms with Crippen LogP contribution >= 0.6 is 0 Å². The summed E-state index contributed by atoms with van der Waals surface area (Å²) in [6, 6.07) is 3.73. The summed E-state index contributed by atoms with van der Waals surface area (Å²) in [4.78, 5) is 3.64. The molecule has 6 heteroatoms. The van der Waals surface area contributed by atoms with Crippen molar-refractivity contribution in [1.29, 1.82) is 0 Å². The van der Waals surface area contributed by atoms with E-state index < -0.39 is 17.6 Å². The molecule has 2 rings (SSSR count). The molecule has 0 bridgehead atoms. The van der Waals surface area contributed by atoms with Gasteiger partial charge in [-0.25, -0.2) is 4.39 Å². The van der Waals surface area contributed by atoms with Crippen LogP contribution in [-0.2, 0) is 6.18 Å². The zero-order valence-corrected chi connectivity index (χ0v) is 11.5. The summed E-state index contributed by atoms with van der Waals surface area (Å²) < 4.78 is 52.7. The van der Waals surface area contributed by atoms with Crippen molar-refractivity contribution in [2.45, 2.75) is 25.1 Å². The third-order valence-electron chi connectivity index (χ3n) is 3.74. The highest BCUT2D eigenvalue weighted by molar-refractivity contribution is 5.56. The number of rotatable bonds is 2. The Bertz CT molecular complexity index is 471. The van der Waals surface area contributed by atoms with Crippen molar-refractivity contribution in [2.24, 2.45) is 0 Å². The van der Waals surface area contributed by atoms with E-state index in [1.165, 1.54) is 12.1 Å². The minimum Gasteiger partial charge on any atom is -0.369 e. The van der Waals surface area contributed by atoms with E-state index in [-0.39, 0.29) is 11.7 Å². The Balaban J connectivity index is 2.35. The van der Waals surface area contributed by atoms with Crippen LogP contribution in [0.4, 0.5) is 23.2 Å². The van der Waals surface area contributed by atoms with Gasteiger partial charge in [0.25, 0.3) is 0 Å². The quantitative estimate of drug-likeness (QED) is 0.771. The number of nitrogens with zero attached hydrogens (tertiary/aromatic N) is 2. The van der Waals surface area contributed by atoms with E-state index in [4.69, 9.17) is 0 Å². The largest absolute Gasteiger partial charge is 0.421 e. The fraction of sp³-hybridized carbons (Fsp3) is 0.571. The molecule has 112 valence electrons. The molecule has 0 radical (unpaired) electrons. The molecule has 0 amide bonds. The first-order valence-electron chi connectivity index (χ1n) is 6.58. The number of benzene rings is 1. The normalized spacial score (nSPS) is 20.6. The van der Waals surface area contributed by atoms with E-state index in [0.29, 0.717) is 13.1 Å². The van der Waals surface area contributed by atoms with Crippen molar-refractivity contribution in [3.8, 4) is 0 Å². The average molecular weight is 290 g/mol. The molecule has 20 heavy (non-hydrogen) atoms. The molecular formula is C14H18F4N2.